The molecule has 0 aliphatic rings. The fourth-order valence-electron chi connectivity index (χ4n) is 2.30. The lowest BCUT2D eigenvalue weighted by Crippen LogP contribution is -2.36. The molecular formula is C18H19F3N2O2. The van der Waals surface area contributed by atoms with E-state index in [-0.39, 0.29) is 12.6 Å². The lowest BCUT2D eigenvalue weighted by molar-refractivity contribution is -0.137. The zero-order valence-corrected chi connectivity index (χ0v) is 13.9. The van der Waals surface area contributed by atoms with Crippen LogP contribution in [-0.4, -0.2) is 25.1 Å². The van der Waals surface area contributed by atoms with E-state index >= 15 is 0 Å². The average Bonchev–Trinajstić information content (AvgIpc) is 2.59. The number of methoxy groups -OCH3 is 1. The van der Waals surface area contributed by atoms with Gasteiger partial charge in [0.05, 0.1) is 12.7 Å². The van der Waals surface area contributed by atoms with Gasteiger partial charge in [-0.25, -0.2) is 4.79 Å². The first-order valence-corrected chi connectivity index (χ1v) is 7.58. The normalized spacial score (nSPS) is 11.1. The zero-order chi connectivity index (χ0) is 18.4. The van der Waals surface area contributed by atoms with Gasteiger partial charge in [-0.1, -0.05) is 30.3 Å². The van der Waals surface area contributed by atoms with E-state index in [4.69, 9.17) is 4.74 Å². The van der Waals surface area contributed by atoms with E-state index in [2.05, 4.69) is 5.32 Å². The topological polar surface area (TPSA) is 41.6 Å². The maximum Gasteiger partial charge on any atom is 0.416 e. The van der Waals surface area contributed by atoms with Crippen molar-refractivity contribution in [3.05, 3.63) is 65.2 Å². The van der Waals surface area contributed by atoms with Crippen LogP contribution in [-0.2, 0) is 19.3 Å². The summed E-state index contributed by atoms with van der Waals surface area (Å²) in [6, 6.07) is 11.7. The van der Waals surface area contributed by atoms with Gasteiger partial charge in [-0.05, 0) is 23.8 Å². The molecule has 0 saturated heterocycles. The number of carbonyl (C=O) groups is 1. The number of alkyl halides is 3. The van der Waals surface area contributed by atoms with Crippen LogP contribution in [0, 0.1) is 0 Å². The first kappa shape index (κ1) is 18.6. The number of ether oxygens (including phenoxy) is 1. The quantitative estimate of drug-likeness (QED) is 0.882. The number of para-hydroxylation sites is 1. The molecule has 0 spiro atoms. The Hall–Kier alpha value is -2.70. The summed E-state index contributed by atoms with van der Waals surface area (Å²) < 4.78 is 42.9. The highest BCUT2D eigenvalue weighted by Crippen LogP contribution is 2.29. The standard InChI is InChI=1S/C18H19F3N2O2/c1-23(12-13-7-9-15(10-8-13)18(19,20)21)17(24)22-11-14-5-3-4-6-16(14)25-2/h3-10H,11-12H2,1-2H3,(H,22,24). The minimum absolute atomic E-state index is 0.204. The fourth-order valence-corrected chi connectivity index (χ4v) is 2.30. The third-order valence-electron chi connectivity index (χ3n) is 3.67. The number of rotatable bonds is 5. The van der Waals surface area contributed by atoms with Gasteiger partial charge in [0.25, 0.3) is 0 Å². The van der Waals surface area contributed by atoms with Gasteiger partial charge in [0, 0.05) is 25.7 Å². The van der Waals surface area contributed by atoms with Gasteiger partial charge in [-0.15, -0.1) is 0 Å². The number of urea groups is 1. The van der Waals surface area contributed by atoms with Crippen LogP contribution in [0.2, 0.25) is 0 Å². The van der Waals surface area contributed by atoms with Crippen molar-refractivity contribution >= 4 is 6.03 Å². The Balaban J connectivity index is 1.92. The summed E-state index contributed by atoms with van der Waals surface area (Å²) in [5.74, 6) is 0.674. The van der Waals surface area contributed by atoms with E-state index in [0.29, 0.717) is 17.9 Å². The molecule has 0 bridgehead atoms. The molecular weight excluding hydrogens is 333 g/mol. The van der Waals surface area contributed by atoms with E-state index < -0.39 is 11.7 Å². The Bertz CT molecular complexity index is 715. The SMILES string of the molecule is COc1ccccc1CNC(=O)N(C)Cc1ccc(C(F)(F)F)cc1. The Kier molecular flexibility index (Phi) is 5.90. The van der Waals surface area contributed by atoms with Crippen molar-refractivity contribution < 1.29 is 22.7 Å². The number of hydrogen-bond acceptors (Lipinski definition) is 2. The fraction of sp³-hybridized carbons (Fsp3) is 0.278. The van der Waals surface area contributed by atoms with Crippen molar-refractivity contribution in [2.75, 3.05) is 14.2 Å². The minimum Gasteiger partial charge on any atom is -0.496 e. The first-order valence-electron chi connectivity index (χ1n) is 7.58. The molecule has 0 atom stereocenters. The van der Waals surface area contributed by atoms with Crippen LogP contribution in [0.25, 0.3) is 0 Å². The summed E-state index contributed by atoms with van der Waals surface area (Å²) in [4.78, 5) is 13.5. The smallest absolute Gasteiger partial charge is 0.416 e. The molecule has 2 aromatic carbocycles. The summed E-state index contributed by atoms with van der Waals surface area (Å²) in [5, 5.41) is 2.76. The van der Waals surface area contributed by atoms with E-state index in [0.717, 1.165) is 17.7 Å². The molecule has 2 aromatic rings. The second kappa shape index (κ2) is 7.92. The summed E-state index contributed by atoms with van der Waals surface area (Å²) in [5.41, 5.74) is 0.740. The van der Waals surface area contributed by atoms with Crippen LogP contribution < -0.4 is 10.1 Å². The number of nitrogens with zero attached hydrogens (tertiary/aromatic N) is 1. The van der Waals surface area contributed by atoms with Gasteiger partial charge in [0.1, 0.15) is 5.75 Å². The van der Waals surface area contributed by atoms with E-state index in [1.165, 1.54) is 17.0 Å². The molecule has 0 saturated carbocycles. The third kappa shape index (κ3) is 5.14. The first-order chi connectivity index (χ1) is 11.8. The van der Waals surface area contributed by atoms with Crippen LogP contribution in [0.3, 0.4) is 0 Å². The third-order valence-corrected chi connectivity index (χ3v) is 3.67. The number of hydrogen-bond donors (Lipinski definition) is 1. The molecule has 0 radical (unpaired) electrons. The highest BCUT2D eigenvalue weighted by atomic mass is 19.4. The molecule has 0 unspecified atom stereocenters. The monoisotopic (exact) mass is 352 g/mol. The van der Waals surface area contributed by atoms with Gasteiger partial charge in [-0.3, -0.25) is 0 Å². The molecule has 7 heteroatoms. The molecule has 0 aliphatic carbocycles. The summed E-state index contributed by atoms with van der Waals surface area (Å²) in [6.07, 6.45) is -4.36. The molecule has 0 aromatic heterocycles. The lowest BCUT2D eigenvalue weighted by Gasteiger charge is -2.19. The highest BCUT2D eigenvalue weighted by Gasteiger charge is 2.29. The largest absolute Gasteiger partial charge is 0.496 e. The Morgan fingerprint density at radius 3 is 2.36 bits per heavy atom. The molecule has 2 amide bonds. The van der Waals surface area contributed by atoms with Crippen molar-refractivity contribution in [1.82, 2.24) is 10.2 Å². The number of halogens is 3. The minimum atomic E-state index is -4.36. The van der Waals surface area contributed by atoms with Crippen molar-refractivity contribution in [2.24, 2.45) is 0 Å². The van der Waals surface area contributed by atoms with Crippen LogP contribution in [0.4, 0.5) is 18.0 Å². The molecule has 134 valence electrons. The maximum absolute atomic E-state index is 12.5. The number of nitrogens with one attached hydrogen (secondary N) is 1. The number of benzene rings is 2. The van der Waals surface area contributed by atoms with Gasteiger partial charge in [-0.2, -0.15) is 13.2 Å². The zero-order valence-electron chi connectivity index (χ0n) is 13.9. The van der Waals surface area contributed by atoms with E-state index in [1.54, 1.807) is 20.2 Å². The van der Waals surface area contributed by atoms with Crippen LogP contribution >= 0.6 is 0 Å². The Labute approximate surface area is 144 Å². The van der Waals surface area contributed by atoms with Gasteiger partial charge in [0.2, 0.25) is 0 Å². The van der Waals surface area contributed by atoms with Crippen molar-refractivity contribution in [3.63, 3.8) is 0 Å². The lowest BCUT2D eigenvalue weighted by atomic mass is 10.1. The van der Waals surface area contributed by atoms with Gasteiger partial charge in [0.15, 0.2) is 0 Å². The molecule has 0 fully saturated rings. The summed E-state index contributed by atoms with van der Waals surface area (Å²) >= 11 is 0. The number of amides is 2. The van der Waals surface area contributed by atoms with Crippen molar-refractivity contribution in [1.29, 1.82) is 0 Å². The summed E-state index contributed by atoms with van der Waals surface area (Å²) in [7, 11) is 3.13. The summed E-state index contributed by atoms with van der Waals surface area (Å²) in [6.45, 7) is 0.496. The average molecular weight is 352 g/mol. The van der Waals surface area contributed by atoms with Gasteiger partial charge < -0.3 is 15.0 Å². The molecule has 2 rings (SSSR count). The van der Waals surface area contributed by atoms with E-state index in [1.807, 2.05) is 18.2 Å². The second-order valence-electron chi connectivity index (χ2n) is 5.52. The van der Waals surface area contributed by atoms with Gasteiger partial charge >= 0.3 is 12.2 Å². The predicted octanol–water partition coefficient (Wildman–Crippen LogP) is 4.06. The van der Waals surface area contributed by atoms with Crippen LogP contribution in [0.5, 0.6) is 5.75 Å². The molecule has 25 heavy (non-hydrogen) atoms. The molecule has 0 heterocycles. The van der Waals surface area contributed by atoms with Crippen LogP contribution in [0.1, 0.15) is 16.7 Å². The maximum atomic E-state index is 12.5. The number of carbonyl (C=O) groups excluding carboxylic acids is 1. The Morgan fingerprint density at radius 2 is 1.76 bits per heavy atom. The Morgan fingerprint density at radius 1 is 1.12 bits per heavy atom. The molecule has 1 N–H and O–H groups in total. The predicted molar refractivity (Wildman–Crippen MR) is 88.1 cm³/mol. The van der Waals surface area contributed by atoms with Crippen molar-refractivity contribution in [3.8, 4) is 5.75 Å². The highest BCUT2D eigenvalue weighted by molar-refractivity contribution is 5.73. The second-order valence-corrected chi connectivity index (χ2v) is 5.52. The van der Waals surface area contributed by atoms with E-state index in [9.17, 15) is 18.0 Å². The van der Waals surface area contributed by atoms with Crippen molar-refractivity contribution in [2.45, 2.75) is 19.3 Å². The molecule has 0 aliphatic heterocycles. The van der Waals surface area contributed by atoms with Crippen LogP contribution in [0.15, 0.2) is 48.5 Å². The molecule has 4 nitrogen and oxygen atoms in total.